The number of para-hydroxylation sites is 1. The maximum atomic E-state index is 13.6. The van der Waals surface area contributed by atoms with Gasteiger partial charge in [-0.2, -0.15) is 9.78 Å². The van der Waals surface area contributed by atoms with E-state index in [1.54, 1.807) is 30.3 Å². The van der Waals surface area contributed by atoms with E-state index in [0.717, 1.165) is 15.5 Å². The van der Waals surface area contributed by atoms with Gasteiger partial charge in [-0.3, -0.25) is 4.79 Å². The Hall–Kier alpha value is -4.44. The zero-order valence-electron chi connectivity index (χ0n) is 20.8. The van der Waals surface area contributed by atoms with Crippen LogP contribution < -0.4 is 15.2 Å². The van der Waals surface area contributed by atoms with Gasteiger partial charge < -0.3 is 18.8 Å². The molecule has 0 fully saturated rings. The lowest BCUT2D eigenvalue weighted by atomic mass is 10.2. The average molecular weight is 575 g/mol. The Kier molecular flexibility index (Phi) is 6.97. The van der Waals surface area contributed by atoms with Crippen LogP contribution in [0.25, 0.3) is 33.5 Å². The summed E-state index contributed by atoms with van der Waals surface area (Å²) in [6.45, 7) is -0.272. The molecule has 0 aliphatic carbocycles. The standard InChI is InChI=1S/C28H23BrN4O5/c1-32(2)20-10-8-17(24(14-20)37-16-26(34)36-3)15-30-33-27(31-22-7-5-4-6-21(22)28(33)35)25-13-18-12-19(29)9-11-23(18)38-25/h4-15H,16H2,1-3H3. The monoisotopic (exact) mass is 574 g/mol. The molecular weight excluding hydrogens is 552 g/mol. The van der Waals surface area contributed by atoms with Crippen LogP contribution in [-0.4, -0.2) is 49.7 Å². The van der Waals surface area contributed by atoms with Crippen LogP contribution in [0, 0.1) is 0 Å². The van der Waals surface area contributed by atoms with Gasteiger partial charge >= 0.3 is 5.97 Å². The maximum Gasteiger partial charge on any atom is 0.343 e. The zero-order chi connectivity index (χ0) is 26.8. The summed E-state index contributed by atoms with van der Waals surface area (Å²) in [4.78, 5) is 31.9. The number of hydrogen-bond donors (Lipinski definition) is 0. The first-order valence-corrected chi connectivity index (χ1v) is 12.4. The van der Waals surface area contributed by atoms with E-state index in [9.17, 15) is 9.59 Å². The number of esters is 1. The number of ether oxygens (including phenoxy) is 2. The summed E-state index contributed by atoms with van der Waals surface area (Å²) in [5.41, 5.74) is 2.24. The second kappa shape index (κ2) is 10.5. The summed E-state index contributed by atoms with van der Waals surface area (Å²) in [6.07, 6.45) is 1.49. The van der Waals surface area contributed by atoms with Crippen LogP contribution in [-0.2, 0) is 9.53 Å². The van der Waals surface area contributed by atoms with Crippen molar-refractivity contribution < 1.29 is 18.7 Å². The molecular formula is C28H23BrN4O5. The van der Waals surface area contributed by atoms with Crippen molar-refractivity contribution in [2.24, 2.45) is 5.10 Å². The number of halogens is 1. The molecule has 192 valence electrons. The van der Waals surface area contributed by atoms with Crippen molar-refractivity contribution in [2.75, 3.05) is 32.7 Å². The van der Waals surface area contributed by atoms with Gasteiger partial charge in [-0.05, 0) is 48.5 Å². The molecule has 0 unspecified atom stereocenters. The van der Waals surface area contributed by atoms with Gasteiger partial charge in [0, 0.05) is 41.3 Å². The summed E-state index contributed by atoms with van der Waals surface area (Å²) in [5.74, 6) is 0.529. The largest absolute Gasteiger partial charge is 0.481 e. The predicted molar refractivity (Wildman–Crippen MR) is 150 cm³/mol. The number of anilines is 1. The van der Waals surface area contributed by atoms with Gasteiger partial charge in [0.05, 0.1) is 24.2 Å². The molecule has 0 bridgehead atoms. The maximum absolute atomic E-state index is 13.6. The molecule has 10 heteroatoms. The molecule has 0 radical (unpaired) electrons. The minimum Gasteiger partial charge on any atom is -0.481 e. The fourth-order valence-electron chi connectivity index (χ4n) is 3.86. The number of nitrogens with zero attached hydrogens (tertiary/aromatic N) is 4. The van der Waals surface area contributed by atoms with E-state index < -0.39 is 5.97 Å². The number of furan rings is 1. The molecule has 0 N–H and O–H groups in total. The molecule has 2 heterocycles. The van der Waals surface area contributed by atoms with Gasteiger partial charge in [-0.25, -0.2) is 9.78 Å². The lowest BCUT2D eigenvalue weighted by Crippen LogP contribution is -2.20. The minimum atomic E-state index is -0.517. The van der Waals surface area contributed by atoms with Crippen LogP contribution in [0.1, 0.15) is 5.56 Å². The predicted octanol–water partition coefficient (Wildman–Crippen LogP) is 5.07. The first-order valence-electron chi connectivity index (χ1n) is 11.6. The van der Waals surface area contributed by atoms with E-state index in [0.29, 0.717) is 33.6 Å². The highest BCUT2D eigenvalue weighted by Crippen LogP contribution is 2.29. The van der Waals surface area contributed by atoms with Crippen molar-refractivity contribution in [2.45, 2.75) is 0 Å². The zero-order valence-corrected chi connectivity index (χ0v) is 22.4. The molecule has 0 saturated carbocycles. The van der Waals surface area contributed by atoms with E-state index in [4.69, 9.17) is 18.9 Å². The average Bonchev–Trinajstić information content (AvgIpc) is 3.34. The number of fused-ring (bicyclic) bond motifs is 2. The second-order valence-corrected chi connectivity index (χ2v) is 9.50. The molecule has 0 amide bonds. The summed E-state index contributed by atoms with van der Waals surface area (Å²) in [6, 6.07) is 20.0. The van der Waals surface area contributed by atoms with Gasteiger partial charge in [0.15, 0.2) is 12.4 Å². The van der Waals surface area contributed by atoms with Crippen molar-refractivity contribution >= 4 is 55.7 Å². The normalized spacial score (nSPS) is 11.4. The Bertz CT molecular complexity index is 1760. The number of aromatic nitrogens is 2. The summed E-state index contributed by atoms with van der Waals surface area (Å²) < 4.78 is 18.6. The van der Waals surface area contributed by atoms with Crippen LogP contribution in [0.15, 0.2) is 85.5 Å². The first kappa shape index (κ1) is 25.2. The molecule has 9 nitrogen and oxygen atoms in total. The van der Waals surface area contributed by atoms with E-state index >= 15 is 0 Å². The summed E-state index contributed by atoms with van der Waals surface area (Å²) >= 11 is 3.47. The molecule has 0 aliphatic heterocycles. The molecule has 2 aromatic heterocycles. The highest BCUT2D eigenvalue weighted by Gasteiger charge is 2.17. The lowest BCUT2D eigenvalue weighted by molar-refractivity contribution is -0.142. The Morgan fingerprint density at radius 2 is 1.95 bits per heavy atom. The highest BCUT2D eigenvalue weighted by molar-refractivity contribution is 9.10. The molecule has 0 spiro atoms. The number of rotatable bonds is 7. The Morgan fingerprint density at radius 1 is 1.13 bits per heavy atom. The number of carbonyl (C=O) groups is 1. The van der Waals surface area contributed by atoms with Crippen LogP contribution in [0.4, 0.5) is 5.69 Å². The molecule has 0 saturated heterocycles. The second-order valence-electron chi connectivity index (χ2n) is 8.59. The van der Waals surface area contributed by atoms with Gasteiger partial charge in [-0.1, -0.05) is 28.1 Å². The number of carbonyl (C=O) groups excluding carboxylic acids is 1. The quantitative estimate of drug-likeness (QED) is 0.197. The van der Waals surface area contributed by atoms with Gasteiger partial charge in [0.25, 0.3) is 5.56 Å². The molecule has 5 rings (SSSR count). The van der Waals surface area contributed by atoms with Crippen molar-refractivity contribution in [1.82, 2.24) is 9.66 Å². The fourth-order valence-corrected chi connectivity index (χ4v) is 4.24. The number of methoxy groups -OCH3 is 1. The molecule has 0 aliphatic rings. The number of benzene rings is 3. The van der Waals surface area contributed by atoms with Crippen LogP contribution in [0.5, 0.6) is 5.75 Å². The lowest BCUT2D eigenvalue weighted by Gasteiger charge is -2.15. The minimum absolute atomic E-state index is 0.249. The van der Waals surface area contributed by atoms with Gasteiger partial charge in [0.1, 0.15) is 11.3 Å². The highest BCUT2D eigenvalue weighted by atomic mass is 79.9. The summed E-state index contributed by atoms with van der Waals surface area (Å²) in [5, 5.41) is 5.78. The Labute approximate surface area is 226 Å². The molecule has 5 aromatic rings. The Morgan fingerprint density at radius 3 is 2.74 bits per heavy atom. The van der Waals surface area contributed by atoms with E-state index in [2.05, 4.69) is 21.0 Å². The van der Waals surface area contributed by atoms with Crippen molar-refractivity contribution in [3.8, 4) is 17.3 Å². The van der Waals surface area contributed by atoms with Crippen LogP contribution in [0.3, 0.4) is 0 Å². The SMILES string of the molecule is COC(=O)COc1cc(N(C)C)ccc1C=Nn1c(-c2cc3cc(Br)ccc3o2)nc2ccccc2c1=O. The van der Waals surface area contributed by atoms with E-state index in [1.165, 1.54) is 18.0 Å². The first-order chi connectivity index (χ1) is 18.3. The third kappa shape index (κ3) is 5.03. The van der Waals surface area contributed by atoms with E-state index in [1.807, 2.05) is 55.4 Å². The van der Waals surface area contributed by atoms with Gasteiger partial charge in [-0.15, -0.1) is 0 Å². The van der Waals surface area contributed by atoms with Crippen molar-refractivity contribution in [3.05, 3.63) is 87.1 Å². The summed E-state index contributed by atoms with van der Waals surface area (Å²) in [7, 11) is 5.08. The van der Waals surface area contributed by atoms with Crippen molar-refractivity contribution in [3.63, 3.8) is 0 Å². The number of hydrogen-bond acceptors (Lipinski definition) is 8. The molecule has 38 heavy (non-hydrogen) atoms. The van der Waals surface area contributed by atoms with Crippen LogP contribution in [0.2, 0.25) is 0 Å². The van der Waals surface area contributed by atoms with Crippen molar-refractivity contribution in [1.29, 1.82) is 0 Å². The van der Waals surface area contributed by atoms with Gasteiger partial charge in [0.2, 0.25) is 5.82 Å². The fraction of sp³-hybridized carbons (Fsp3) is 0.143. The third-order valence-electron chi connectivity index (χ3n) is 5.85. The third-order valence-corrected chi connectivity index (χ3v) is 6.34. The molecule has 3 aromatic carbocycles. The van der Waals surface area contributed by atoms with E-state index in [-0.39, 0.29) is 18.0 Å². The molecule has 0 atom stereocenters. The Balaban J connectivity index is 1.65. The smallest absolute Gasteiger partial charge is 0.343 e. The van der Waals surface area contributed by atoms with Crippen LogP contribution >= 0.6 is 15.9 Å². The topological polar surface area (TPSA) is 99.2 Å².